The molecule has 5 heteroatoms. The van der Waals surface area contributed by atoms with E-state index in [1.165, 1.54) is 0 Å². The van der Waals surface area contributed by atoms with Gasteiger partial charge in [0.15, 0.2) is 0 Å². The van der Waals surface area contributed by atoms with E-state index in [0.717, 1.165) is 16.8 Å². The Bertz CT molecular complexity index is 778. The second kappa shape index (κ2) is 8.43. The summed E-state index contributed by atoms with van der Waals surface area (Å²) in [6, 6.07) is 11.2. The predicted octanol–water partition coefficient (Wildman–Crippen LogP) is 3.43. The number of amides is 2. The molecular formula is C21H25N3O2. The first kappa shape index (κ1) is 19.4. The van der Waals surface area contributed by atoms with Crippen molar-refractivity contribution in [2.45, 2.75) is 32.2 Å². The monoisotopic (exact) mass is 351 g/mol. The van der Waals surface area contributed by atoms with Crippen LogP contribution in [0.15, 0.2) is 49.2 Å². The first-order chi connectivity index (χ1) is 12.3. The third-order valence-corrected chi connectivity index (χ3v) is 4.17. The molecule has 2 aromatic rings. The molecule has 0 bridgehead atoms. The Morgan fingerprint density at radius 1 is 1.15 bits per heavy atom. The highest BCUT2D eigenvalue weighted by Gasteiger charge is 2.22. The van der Waals surface area contributed by atoms with Gasteiger partial charge in [0.25, 0.3) is 5.91 Å². The van der Waals surface area contributed by atoms with Crippen LogP contribution >= 0.6 is 0 Å². The zero-order valence-corrected chi connectivity index (χ0v) is 15.5. The van der Waals surface area contributed by atoms with Crippen molar-refractivity contribution in [1.29, 1.82) is 0 Å². The average Bonchev–Trinajstić information content (AvgIpc) is 2.66. The summed E-state index contributed by atoms with van der Waals surface area (Å²) in [5, 5.41) is 5.57. The Hall–Kier alpha value is -2.95. The molecule has 2 rings (SSSR count). The number of hydrogen-bond acceptors (Lipinski definition) is 3. The van der Waals surface area contributed by atoms with Crippen LogP contribution in [-0.4, -0.2) is 29.4 Å². The van der Waals surface area contributed by atoms with Crippen molar-refractivity contribution >= 4 is 17.9 Å². The summed E-state index contributed by atoms with van der Waals surface area (Å²) in [5.74, 6) is -0.194. The number of rotatable bonds is 7. The summed E-state index contributed by atoms with van der Waals surface area (Å²) in [6.07, 6.45) is 4.44. The standard InChI is InChI=1S/C21H25N3O2/c1-5-15-6-11-18(23-14-15)16-7-9-17(10-8-16)20(26)24-21(2,3)13-12-19(25)22-4/h5-11,14H,1,12-13H2,2-4H3,(H,22,25)(H,24,26). The van der Waals surface area contributed by atoms with E-state index in [-0.39, 0.29) is 11.8 Å². The summed E-state index contributed by atoms with van der Waals surface area (Å²) >= 11 is 0. The van der Waals surface area contributed by atoms with Crippen LogP contribution in [0.2, 0.25) is 0 Å². The molecular weight excluding hydrogens is 326 g/mol. The fourth-order valence-electron chi connectivity index (χ4n) is 2.48. The molecule has 0 saturated heterocycles. The minimum atomic E-state index is -0.468. The number of aromatic nitrogens is 1. The smallest absolute Gasteiger partial charge is 0.251 e. The molecule has 2 N–H and O–H groups in total. The minimum absolute atomic E-state index is 0.0355. The molecule has 1 aromatic carbocycles. The molecule has 1 aromatic heterocycles. The van der Waals surface area contributed by atoms with Gasteiger partial charge in [0.05, 0.1) is 5.69 Å². The topological polar surface area (TPSA) is 71.1 Å². The van der Waals surface area contributed by atoms with Crippen molar-refractivity contribution < 1.29 is 9.59 Å². The fourth-order valence-corrected chi connectivity index (χ4v) is 2.48. The predicted molar refractivity (Wildman–Crippen MR) is 105 cm³/mol. The van der Waals surface area contributed by atoms with Crippen LogP contribution in [0.5, 0.6) is 0 Å². The van der Waals surface area contributed by atoms with Gasteiger partial charge in [-0.1, -0.05) is 30.9 Å². The number of nitrogens with one attached hydrogen (secondary N) is 2. The van der Waals surface area contributed by atoms with Crippen molar-refractivity contribution in [2.75, 3.05) is 7.05 Å². The van der Waals surface area contributed by atoms with Crippen molar-refractivity contribution in [3.05, 3.63) is 60.3 Å². The van der Waals surface area contributed by atoms with Crippen LogP contribution in [0.25, 0.3) is 17.3 Å². The van der Waals surface area contributed by atoms with Crippen LogP contribution in [0.3, 0.4) is 0 Å². The van der Waals surface area contributed by atoms with Gasteiger partial charge in [-0.05, 0) is 44.0 Å². The molecule has 0 fully saturated rings. The number of carbonyl (C=O) groups excluding carboxylic acids is 2. The highest BCUT2D eigenvalue weighted by atomic mass is 16.2. The Labute approximate surface area is 154 Å². The van der Waals surface area contributed by atoms with Crippen LogP contribution in [-0.2, 0) is 4.79 Å². The maximum absolute atomic E-state index is 12.5. The molecule has 136 valence electrons. The molecule has 0 aliphatic rings. The highest BCUT2D eigenvalue weighted by Crippen LogP contribution is 2.19. The SMILES string of the molecule is C=Cc1ccc(-c2ccc(C(=O)NC(C)(C)CCC(=O)NC)cc2)nc1. The van der Waals surface area contributed by atoms with Crippen molar-refractivity contribution in [2.24, 2.45) is 0 Å². The molecule has 0 radical (unpaired) electrons. The molecule has 1 heterocycles. The van der Waals surface area contributed by atoms with Gasteiger partial charge in [-0.25, -0.2) is 0 Å². The summed E-state index contributed by atoms with van der Waals surface area (Å²) in [7, 11) is 1.61. The van der Waals surface area contributed by atoms with Gasteiger partial charge >= 0.3 is 0 Å². The van der Waals surface area contributed by atoms with E-state index in [4.69, 9.17) is 0 Å². The molecule has 0 unspecified atom stereocenters. The van der Waals surface area contributed by atoms with E-state index < -0.39 is 5.54 Å². The van der Waals surface area contributed by atoms with Gasteiger partial charge in [-0.3, -0.25) is 14.6 Å². The van der Waals surface area contributed by atoms with E-state index in [0.29, 0.717) is 18.4 Å². The second-order valence-electron chi connectivity index (χ2n) is 6.77. The van der Waals surface area contributed by atoms with Crippen molar-refractivity contribution in [1.82, 2.24) is 15.6 Å². The lowest BCUT2D eigenvalue weighted by atomic mass is 9.97. The number of carbonyl (C=O) groups is 2. The molecule has 5 nitrogen and oxygen atoms in total. The van der Waals surface area contributed by atoms with Crippen molar-refractivity contribution in [3.63, 3.8) is 0 Å². The zero-order chi connectivity index (χ0) is 19.2. The normalized spacial score (nSPS) is 10.9. The summed E-state index contributed by atoms with van der Waals surface area (Å²) in [6.45, 7) is 7.53. The third kappa shape index (κ3) is 5.28. The number of benzene rings is 1. The van der Waals surface area contributed by atoms with E-state index >= 15 is 0 Å². The van der Waals surface area contributed by atoms with E-state index in [2.05, 4.69) is 22.2 Å². The van der Waals surface area contributed by atoms with Crippen molar-refractivity contribution in [3.8, 4) is 11.3 Å². The molecule has 0 saturated carbocycles. The first-order valence-electron chi connectivity index (χ1n) is 8.56. The van der Waals surface area contributed by atoms with Gasteiger partial charge in [0.1, 0.15) is 0 Å². The summed E-state index contributed by atoms with van der Waals surface area (Å²) in [4.78, 5) is 28.3. The third-order valence-electron chi connectivity index (χ3n) is 4.17. The lowest BCUT2D eigenvalue weighted by molar-refractivity contribution is -0.121. The second-order valence-corrected chi connectivity index (χ2v) is 6.77. The summed E-state index contributed by atoms with van der Waals surface area (Å²) in [5.41, 5.74) is 2.85. The lowest BCUT2D eigenvalue weighted by Gasteiger charge is -2.26. The number of nitrogens with zero attached hydrogens (tertiary/aromatic N) is 1. The molecule has 0 atom stereocenters. The maximum Gasteiger partial charge on any atom is 0.251 e. The quantitative estimate of drug-likeness (QED) is 0.803. The van der Waals surface area contributed by atoms with E-state index in [9.17, 15) is 9.59 Å². The van der Waals surface area contributed by atoms with Gasteiger partial charge in [0.2, 0.25) is 5.91 Å². The van der Waals surface area contributed by atoms with Crippen LogP contribution in [0.4, 0.5) is 0 Å². The Kier molecular flexibility index (Phi) is 6.28. The molecule has 26 heavy (non-hydrogen) atoms. The maximum atomic E-state index is 12.5. The van der Waals surface area contributed by atoms with Crippen LogP contribution in [0, 0.1) is 0 Å². The van der Waals surface area contributed by atoms with Gasteiger partial charge in [-0.2, -0.15) is 0 Å². The highest BCUT2D eigenvalue weighted by molar-refractivity contribution is 5.95. The number of pyridine rings is 1. The number of hydrogen-bond donors (Lipinski definition) is 2. The van der Waals surface area contributed by atoms with Crippen LogP contribution < -0.4 is 10.6 Å². The Balaban J connectivity index is 2.03. The fraction of sp³-hybridized carbons (Fsp3) is 0.286. The van der Waals surface area contributed by atoms with Gasteiger partial charge < -0.3 is 10.6 Å². The first-order valence-corrected chi connectivity index (χ1v) is 8.56. The zero-order valence-electron chi connectivity index (χ0n) is 15.5. The molecule has 0 spiro atoms. The van der Waals surface area contributed by atoms with Gasteiger partial charge in [0, 0.05) is 36.3 Å². The van der Waals surface area contributed by atoms with Gasteiger partial charge in [-0.15, -0.1) is 0 Å². The Morgan fingerprint density at radius 2 is 1.85 bits per heavy atom. The van der Waals surface area contributed by atoms with E-state index in [1.807, 2.05) is 38.1 Å². The van der Waals surface area contributed by atoms with Crippen LogP contribution in [0.1, 0.15) is 42.6 Å². The molecule has 0 aliphatic heterocycles. The Morgan fingerprint density at radius 3 is 2.38 bits per heavy atom. The minimum Gasteiger partial charge on any atom is -0.359 e. The molecule has 0 aliphatic carbocycles. The molecule has 2 amide bonds. The largest absolute Gasteiger partial charge is 0.359 e. The lowest BCUT2D eigenvalue weighted by Crippen LogP contribution is -2.44. The summed E-state index contributed by atoms with van der Waals surface area (Å²) < 4.78 is 0. The van der Waals surface area contributed by atoms with E-state index in [1.54, 1.807) is 31.5 Å². The average molecular weight is 351 g/mol.